The lowest BCUT2D eigenvalue weighted by Crippen LogP contribution is -2.34. The first-order chi connectivity index (χ1) is 16.4. The molecule has 0 bridgehead atoms. The van der Waals surface area contributed by atoms with Crippen molar-refractivity contribution in [1.29, 1.82) is 0 Å². The van der Waals surface area contributed by atoms with E-state index in [9.17, 15) is 9.90 Å². The molecule has 2 heterocycles. The van der Waals surface area contributed by atoms with E-state index < -0.39 is 6.10 Å². The molecule has 34 heavy (non-hydrogen) atoms. The van der Waals surface area contributed by atoms with Gasteiger partial charge in [-0.2, -0.15) is 0 Å². The molecule has 2 unspecified atom stereocenters. The van der Waals surface area contributed by atoms with E-state index in [0.29, 0.717) is 23.8 Å². The molecule has 3 rings (SSSR count). The fourth-order valence-corrected chi connectivity index (χ4v) is 3.80. The Morgan fingerprint density at radius 3 is 2.62 bits per heavy atom. The third kappa shape index (κ3) is 6.97. The Bertz CT molecular complexity index is 1100. The van der Waals surface area contributed by atoms with E-state index in [0.717, 1.165) is 28.7 Å². The minimum atomic E-state index is -0.741. The Hall–Kier alpha value is -3.06. The van der Waals surface area contributed by atoms with Gasteiger partial charge in [0.15, 0.2) is 0 Å². The molecule has 2 N–H and O–H groups in total. The number of carbonyl (C=O) groups excluding carboxylic acids is 1. The van der Waals surface area contributed by atoms with Crippen LogP contribution in [-0.4, -0.2) is 45.5 Å². The fourth-order valence-electron chi connectivity index (χ4n) is 3.70. The zero-order chi connectivity index (χ0) is 24.5. The molecule has 0 radical (unpaired) electrons. The maximum absolute atomic E-state index is 12.7. The first-order valence-electron chi connectivity index (χ1n) is 11.3. The number of rotatable bonds is 10. The molecule has 1 amide bonds. The predicted molar refractivity (Wildman–Crippen MR) is 136 cm³/mol. The molecule has 0 aliphatic heterocycles. The van der Waals surface area contributed by atoms with Crippen LogP contribution in [0.5, 0.6) is 0 Å². The van der Waals surface area contributed by atoms with E-state index >= 15 is 0 Å². The number of aryl methyl sites for hydroxylation is 1. The third-order valence-corrected chi connectivity index (χ3v) is 6.00. The smallest absolute Gasteiger partial charge is 0.253 e. The molecule has 6 nitrogen and oxygen atoms in total. The highest BCUT2D eigenvalue weighted by atomic mass is 35.5. The van der Waals surface area contributed by atoms with Gasteiger partial charge in [0.2, 0.25) is 0 Å². The average Bonchev–Trinajstić information content (AvgIpc) is 2.85. The number of benzene rings is 1. The van der Waals surface area contributed by atoms with Crippen molar-refractivity contribution >= 4 is 17.5 Å². The summed E-state index contributed by atoms with van der Waals surface area (Å²) in [6.45, 7) is 4.97. The van der Waals surface area contributed by atoms with Crippen molar-refractivity contribution in [3.05, 3.63) is 106 Å². The van der Waals surface area contributed by atoms with Gasteiger partial charge in [-0.1, -0.05) is 42.0 Å². The van der Waals surface area contributed by atoms with Gasteiger partial charge in [-0.15, -0.1) is 0 Å². The summed E-state index contributed by atoms with van der Waals surface area (Å²) in [6.07, 6.45) is 8.97. The Morgan fingerprint density at radius 1 is 1.21 bits per heavy atom. The Morgan fingerprint density at radius 2 is 1.97 bits per heavy atom. The largest absolute Gasteiger partial charge is 0.386 e. The maximum atomic E-state index is 12.7. The lowest BCUT2D eigenvalue weighted by molar-refractivity contribution is 0.0785. The number of nitrogens with zero attached hydrogens (tertiary/aromatic N) is 3. The molecule has 0 fully saturated rings. The normalized spacial score (nSPS) is 13.1. The summed E-state index contributed by atoms with van der Waals surface area (Å²) in [7, 11) is 1.79. The monoisotopic (exact) mass is 478 g/mol. The van der Waals surface area contributed by atoms with Crippen LogP contribution in [0.3, 0.4) is 0 Å². The number of pyridine rings is 2. The van der Waals surface area contributed by atoms with E-state index in [2.05, 4.69) is 15.3 Å². The number of aromatic nitrogens is 2. The van der Waals surface area contributed by atoms with E-state index in [1.807, 2.05) is 68.5 Å². The number of halogens is 1. The zero-order valence-electron chi connectivity index (χ0n) is 19.8. The van der Waals surface area contributed by atoms with Crippen molar-refractivity contribution in [2.45, 2.75) is 39.0 Å². The predicted octanol–water partition coefficient (Wildman–Crippen LogP) is 4.52. The Labute approximate surface area is 206 Å². The molecule has 2 aromatic heterocycles. The number of aliphatic hydroxyl groups is 1. The molecule has 0 aliphatic carbocycles. The van der Waals surface area contributed by atoms with Crippen LogP contribution in [0.2, 0.25) is 5.15 Å². The van der Waals surface area contributed by atoms with Crippen molar-refractivity contribution in [1.82, 2.24) is 20.2 Å². The molecule has 0 saturated carbocycles. The van der Waals surface area contributed by atoms with Crippen LogP contribution in [0.4, 0.5) is 0 Å². The van der Waals surface area contributed by atoms with Crippen LogP contribution in [0.25, 0.3) is 0 Å². The Kier molecular flexibility index (Phi) is 9.33. The molecular weight excluding hydrogens is 448 g/mol. The van der Waals surface area contributed by atoms with Gasteiger partial charge in [0.05, 0.1) is 12.1 Å². The summed E-state index contributed by atoms with van der Waals surface area (Å²) in [5.74, 6) is -0.0309. The van der Waals surface area contributed by atoms with Gasteiger partial charge >= 0.3 is 0 Å². The van der Waals surface area contributed by atoms with Crippen LogP contribution in [0.1, 0.15) is 45.6 Å². The summed E-state index contributed by atoms with van der Waals surface area (Å²) in [5, 5.41) is 14.7. The van der Waals surface area contributed by atoms with E-state index in [1.165, 1.54) is 0 Å². The van der Waals surface area contributed by atoms with Crippen LogP contribution < -0.4 is 5.32 Å². The van der Waals surface area contributed by atoms with Crippen molar-refractivity contribution < 1.29 is 9.90 Å². The van der Waals surface area contributed by atoms with Gasteiger partial charge in [-0.3, -0.25) is 9.78 Å². The Balaban J connectivity index is 1.55. The summed E-state index contributed by atoms with van der Waals surface area (Å²) < 4.78 is 0. The molecule has 3 aromatic rings. The summed E-state index contributed by atoms with van der Waals surface area (Å²) in [5.41, 5.74) is 4.30. The number of hydrogen-bond acceptors (Lipinski definition) is 5. The molecule has 0 saturated heterocycles. The third-order valence-electron chi connectivity index (χ3n) is 5.60. The highest BCUT2D eigenvalue weighted by molar-refractivity contribution is 6.30. The van der Waals surface area contributed by atoms with Gasteiger partial charge in [0.1, 0.15) is 5.15 Å². The van der Waals surface area contributed by atoms with E-state index in [-0.39, 0.29) is 11.9 Å². The van der Waals surface area contributed by atoms with Gasteiger partial charge in [0, 0.05) is 43.3 Å². The SMILES string of the molecule is CC=CC(NCCc1ccc(C(=O)N(C)Cc2cccnc2)cc1)C(O)c1cnc(Cl)c(C)c1. The molecule has 7 heteroatoms. The van der Waals surface area contributed by atoms with Crippen molar-refractivity contribution in [2.75, 3.05) is 13.6 Å². The second kappa shape index (κ2) is 12.4. The average molecular weight is 479 g/mol. The van der Waals surface area contributed by atoms with Crippen LogP contribution in [0, 0.1) is 6.92 Å². The second-order valence-electron chi connectivity index (χ2n) is 8.30. The first kappa shape index (κ1) is 25.6. The molecule has 178 valence electrons. The van der Waals surface area contributed by atoms with Gasteiger partial charge in [-0.25, -0.2) is 4.98 Å². The lowest BCUT2D eigenvalue weighted by atomic mass is 10.0. The first-order valence-corrected chi connectivity index (χ1v) is 11.7. The quantitative estimate of drug-likeness (QED) is 0.331. The number of hydrogen-bond donors (Lipinski definition) is 2. The topological polar surface area (TPSA) is 78.4 Å². The van der Waals surface area contributed by atoms with Gasteiger partial charge in [0.25, 0.3) is 5.91 Å². The van der Waals surface area contributed by atoms with Crippen LogP contribution >= 0.6 is 11.6 Å². The summed E-state index contributed by atoms with van der Waals surface area (Å²) in [4.78, 5) is 22.7. The lowest BCUT2D eigenvalue weighted by Gasteiger charge is -2.22. The minimum Gasteiger partial charge on any atom is -0.386 e. The van der Waals surface area contributed by atoms with Crippen LogP contribution in [0.15, 0.2) is 73.2 Å². The molecule has 1 aromatic carbocycles. The van der Waals surface area contributed by atoms with Crippen molar-refractivity contribution in [2.24, 2.45) is 0 Å². The molecule has 0 spiro atoms. The number of carbonyl (C=O) groups is 1. The zero-order valence-corrected chi connectivity index (χ0v) is 20.5. The summed E-state index contributed by atoms with van der Waals surface area (Å²) >= 11 is 6.01. The van der Waals surface area contributed by atoms with E-state index in [1.54, 1.807) is 30.5 Å². The number of aliphatic hydroxyl groups excluding tert-OH is 1. The van der Waals surface area contributed by atoms with Crippen LogP contribution in [-0.2, 0) is 13.0 Å². The molecule has 0 aliphatic rings. The maximum Gasteiger partial charge on any atom is 0.253 e. The van der Waals surface area contributed by atoms with Crippen molar-refractivity contribution in [3.63, 3.8) is 0 Å². The fraction of sp³-hybridized carbons (Fsp3) is 0.296. The second-order valence-corrected chi connectivity index (χ2v) is 8.65. The number of nitrogens with one attached hydrogen (secondary N) is 1. The van der Waals surface area contributed by atoms with E-state index in [4.69, 9.17) is 11.6 Å². The molecule has 2 atom stereocenters. The summed E-state index contributed by atoms with van der Waals surface area (Å²) in [6, 6.07) is 13.1. The van der Waals surface area contributed by atoms with Crippen molar-refractivity contribution in [3.8, 4) is 0 Å². The molecular formula is C27H31ClN4O2. The minimum absolute atomic E-state index is 0.0309. The highest BCUT2D eigenvalue weighted by Crippen LogP contribution is 2.21. The number of amides is 1. The standard InChI is InChI=1S/C27H31ClN4O2/c1-4-6-24(25(33)23-15-19(2)26(28)31-17-23)30-14-12-20-8-10-22(11-9-20)27(34)32(3)18-21-7-5-13-29-16-21/h4-11,13,15-17,24-25,30,33H,12,14,18H2,1-3H3. The van der Waals surface area contributed by atoms with Gasteiger partial charge < -0.3 is 15.3 Å². The van der Waals surface area contributed by atoms with Gasteiger partial charge in [-0.05, 0) is 67.8 Å². The number of allylic oxidation sites excluding steroid dienone is 1. The highest BCUT2D eigenvalue weighted by Gasteiger charge is 2.19.